The number of nitrogens with one attached hydrogen (secondary N) is 1. The molecule has 0 amide bonds. The Balaban J connectivity index is 0.000000405. The molecular formula is C7H14ClN. The van der Waals surface area contributed by atoms with E-state index in [0.717, 1.165) is 5.92 Å². The summed E-state index contributed by atoms with van der Waals surface area (Å²) in [6.45, 7) is 0. The topological polar surface area (TPSA) is 12.0 Å². The van der Waals surface area contributed by atoms with E-state index in [2.05, 4.69) is 12.4 Å². The zero-order valence-corrected chi connectivity index (χ0v) is 6.63. The Bertz CT molecular complexity index is 105. The monoisotopic (exact) mass is 147 g/mol. The highest BCUT2D eigenvalue weighted by Gasteiger charge is 2.52. The molecule has 0 bridgehead atoms. The van der Waals surface area contributed by atoms with Gasteiger partial charge in [0.05, 0.1) is 0 Å². The summed E-state index contributed by atoms with van der Waals surface area (Å²) in [6, 6.07) is 0. The van der Waals surface area contributed by atoms with Gasteiger partial charge in [-0.05, 0) is 38.6 Å². The zero-order chi connectivity index (χ0) is 5.61. The van der Waals surface area contributed by atoms with Gasteiger partial charge in [0.2, 0.25) is 0 Å². The summed E-state index contributed by atoms with van der Waals surface area (Å²) < 4.78 is 0. The lowest BCUT2D eigenvalue weighted by atomic mass is 10.2. The summed E-state index contributed by atoms with van der Waals surface area (Å²) in [7, 11) is 2.10. The third-order valence-corrected chi connectivity index (χ3v) is 2.65. The van der Waals surface area contributed by atoms with Crippen molar-refractivity contribution in [2.75, 3.05) is 7.05 Å². The van der Waals surface area contributed by atoms with Gasteiger partial charge in [-0.3, -0.25) is 0 Å². The first-order valence-electron chi connectivity index (χ1n) is 3.56. The molecule has 9 heavy (non-hydrogen) atoms. The second-order valence-electron chi connectivity index (χ2n) is 3.18. The standard InChI is InChI=1S/C7H13N.ClH/c1-8-7(4-5-7)6-2-3-6;/h6,8H,2-5H2,1H3;1H. The van der Waals surface area contributed by atoms with E-state index >= 15 is 0 Å². The average Bonchev–Trinajstić information content (AvgIpc) is 2.63. The molecule has 1 nitrogen and oxygen atoms in total. The van der Waals surface area contributed by atoms with Crippen LogP contribution in [0.25, 0.3) is 0 Å². The van der Waals surface area contributed by atoms with Gasteiger partial charge in [0.1, 0.15) is 0 Å². The highest BCUT2D eigenvalue weighted by molar-refractivity contribution is 5.85. The maximum Gasteiger partial charge on any atom is 0.0208 e. The molecule has 0 spiro atoms. The van der Waals surface area contributed by atoms with Crippen LogP contribution >= 0.6 is 12.4 Å². The van der Waals surface area contributed by atoms with Gasteiger partial charge in [-0.1, -0.05) is 0 Å². The van der Waals surface area contributed by atoms with Gasteiger partial charge in [-0.2, -0.15) is 0 Å². The summed E-state index contributed by atoms with van der Waals surface area (Å²) >= 11 is 0. The molecule has 2 rings (SSSR count). The van der Waals surface area contributed by atoms with E-state index in [1.54, 1.807) is 0 Å². The molecule has 0 radical (unpaired) electrons. The third kappa shape index (κ3) is 1.08. The minimum atomic E-state index is 0. The van der Waals surface area contributed by atoms with Crippen LogP contribution in [-0.4, -0.2) is 12.6 Å². The number of rotatable bonds is 2. The Morgan fingerprint density at radius 3 is 2.00 bits per heavy atom. The van der Waals surface area contributed by atoms with E-state index in [1.807, 2.05) is 0 Å². The van der Waals surface area contributed by atoms with E-state index in [0.29, 0.717) is 5.54 Å². The molecule has 2 fully saturated rings. The van der Waals surface area contributed by atoms with Gasteiger partial charge in [0.25, 0.3) is 0 Å². The molecule has 0 aromatic carbocycles. The van der Waals surface area contributed by atoms with Crippen molar-refractivity contribution in [2.24, 2.45) is 5.92 Å². The quantitative estimate of drug-likeness (QED) is 0.626. The molecule has 2 heteroatoms. The van der Waals surface area contributed by atoms with E-state index in [4.69, 9.17) is 0 Å². The molecule has 0 aromatic rings. The SMILES string of the molecule is CNC1(C2CC2)CC1.Cl. The summed E-state index contributed by atoms with van der Waals surface area (Å²) in [5.41, 5.74) is 0.653. The van der Waals surface area contributed by atoms with Gasteiger partial charge in [-0.15, -0.1) is 12.4 Å². The second kappa shape index (κ2) is 2.14. The molecule has 1 N–H and O–H groups in total. The van der Waals surface area contributed by atoms with Crippen LogP contribution in [0.15, 0.2) is 0 Å². The Morgan fingerprint density at radius 2 is 1.89 bits per heavy atom. The van der Waals surface area contributed by atoms with Crippen molar-refractivity contribution >= 4 is 12.4 Å². The summed E-state index contributed by atoms with van der Waals surface area (Å²) in [4.78, 5) is 0. The molecule has 0 aliphatic heterocycles. The van der Waals surface area contributed by atoms with Crippen LogP contribution in [-0.2, 0) is 0 Å². The summed E-state index contributed by atoms with van der Waals surface area (Å²) in [5, 5.41) is 3.41. The van der Waals surface area contributed by atoms with Crippen molar-refractivity contribution < 1.29 is 0 Å². The lowest BCUT2D eigenvalue weighted by molar-refractivity contribution is 0.487. The first kappa shape index (κ1) is 7.36. The van der Waals surface area contributed by atoms with Gasteiger partial charge >= 0.3 is 0 Å². The smallest absolute Gasteiger partial charge is 0.0208 e. The van der Waals surface area contributed by atoms with Crippen molar-refractivity contribution in [3.63, 3.8) is 0 Å². The summed E-state index contributed by atoms with van der Waals surface area (Å²) in [5.74, 6) is 1.06. The first-order chi connectivity index (χ1) is 3.87. The van der Waals surface area contributed by atoms with Crippen LogP contribution in [0.4, 0.5) is 0 Å². The summed E-state index contributed by atoms with van der Waals surface area (Å²) in [6.07, 6.45) is 5.85. The van der Waals surface area contributed by atoms with Crippen LogP contribution in [0.1, 0.15) is 25.7 Å². The largest absolute Gasteiger partial charge is 0.314 e. The maximum absolute atomic E-state index is 3.41. The highest BCUT2D eigenvalue weighted by atomic mass is 35.5. The minimum absolute atomic E-state index is 0. The molecule has 54 valence electrons. The second-order valence-corrected chi connectivity index (χ2v) is 3.18. The fourth-order valence-electron chi connectivity index (χ4n) is 1.63. The predicted molar refractivity (Wildman–Crippen MR) is 41.0 cm³/mol. The van der Waals surface area contributed by atoms with Crippen molar-refractivity contribution in [3.8, 4) is 0 Å². The van der Waals surface area contributed by atoms with Crippen LogP contribution in [0, 0.1) is 5.92 Å². The number of hydrogen-bond acceptors (Lipinski definition) is 1. The lowest BCUT2D eigenvalue weighted by Crippen LogP contribution is -2.29. The van der Waals surface area contributed by atoms with Gasteiger partial charge in [-0.25, -0.2) is 0 Å². The molecule has 0 saturated heterocycles. The van der Waals surface area contributed by atoms with Gasteiger partial charge in [0, 0.05) is 5.54 Å². The van der Waals surface area contributed by atoms with E-state index < -0.39 is 0 Å². The van der Waals surface area contributed by atoms with Crippen LogP contribution in [0.5, 0.6) is 0 Å². The normalized spacial score (nSPS) is 29.0. The Morgan fingerprint density at radius 1 is 1.33 bits per heavy atom. The average molecular weight is 148 g/mol. The van der Waals surface area contributed by atoms with Gasteiger partial charge < -0.3 is 5.32 Å². The van der Waals surface area contributed by atoms with Crippen molar-refractivity contribution in [1.29, 1.82) is 0 Å². The van der Waals surface area contributed by atoms with E-state index in [1.165, 1.54) is 25.7 Å². The maximum atomic E-state index is 3.41. The fraction of sp³-hybridized carbons (Fsp3) is 1.00. The first-order valence-corrected chi connectivity index (χ1v) is 3.56. The van der Waals surface area contributed by atoms with E-state index in [9.17, 15) is 0 Å². The molecule has 0 unspecified atom stereocenters. The minimum Gasteiger partial charge on any atom is -0.314 e. The van der Waals surface area contributed by atoms with Crippen LogP contribution in [0.2, 0.25) is 0 Å². The Labute approximate surface area is 62.6 Å². The van der Waals surface area contributed by atoms with Crippen LogP contribution < -0.4 is 5.32 Å². The third-order valence-electron chi connectivity index (χ3n) is 2.65. The molecule has 2 aliphatic carbocycles. The number of halogens is 1. The lowest BCUT2D eigenvalue weighted by Gasteiger charge is -2.10. The highest BCUT2D eigenvalue weighted by Crippen LogP contribution is 2.53. The molecule has 0 heterocycles. The molecule has 0 aromatic heterocycles. The molecule has 2 saturated carbocycles. The van der Waals surface area contributed by atoms with Crippen LogP contribution in [0.3, 0.4) is 0 Å². The molecular weight excluding hydrogens is 134 g/mol. The Kier molecular flexibility index (Phi) is 1.75. The van der Waals surface area contributed by atoms with Crippen molar-refractivity contribution in [1.82, 2.24) is 5.32 Å². The number of hydrogen-bond donors (Lipinski definition) is 1. The Hall–Kier alpha value is 0.250. The van der Waals surface area contributed by atoms with Gasteiger partial charge in [0.15, 0.2) is 0 Å². The van der Waals surface area contributed by atoms with Crippen molar-refractivity contribution in [2.45, 2.75) is 31.2 Å². The predicted octanol–water partition coefficient (Wildman–Crippen LogP) is 1.57. The molecule has 2 aliphatic rings. The fourth-order valence-corrected chi connectivity index (χ4v) is 1.63. The van der Waals surface area contributed by atoms with E-state index in [-0.39, 0.29) is 12.4 Å². The molecule has 0 atom stereocenters. The van der Waals surface area contributed by atoms with Crippen molar-refractivity contribution in [3.05, 3.63) is 0 Å². The zero-order valence-electron chi connectivity index (χ0n) is 5.81.